The van der Waals surface area contributed by atoms with Crippen LogP contribution in [-0.2, 0) is 30.2 Å². The molecular weight excluding hydrogens is 476 g/mol. The Balaban J connectivity index is 1.58. The fourth-order valence-electron chi connectivity index (χ4n) is 4.69. The Morgan fingerprint density at radius 2 is 1.97 bits per heavy atom. The summed E-state index contributed by atoms with van der Waals surface area (Å²) in [4.78, 5) is 16.3. The van der Waals surface area contributed by atoms with Crippen molar-refractivity contribution in [2.45, 2.75) is 39.9 Å². The molecular formula is C28H42N2O7. The van der Waals surface area contributed by atoms with Crippen molar-refractivity contribution in [2.24, 2.45) is 17.8 Å². The summed E-state index contributed by atoms with van der Waals surface area (Å²) in [5, 5.41) is 12.9. The van der Waals surface area contributed by atoms with E-state index in [-0.39, 0.29) is 24.3 Å². The van der Waals surface area contributed by atoms with Crippen LogP contribution in [0.1, 0.15) is 32.8 Å². The number of nitrogens with one attached hydrogen (secondary N) is 2. The first-order valence-electron chi connectivity index (χ1n) is 13.2. The number of carbonyl (C=O) groups excluding carboxylic acids is 1. The van der Waals surface area contributed by atoms with E-state index in [0.717, 1.165) is 28.6 Å². The zero-order valence-corrected chi connectivity index (χ0v) is 22.5. The molecule has 0 radical (unpaired) electrons. The van der Waals surface area contributed by atoms with E-state index >= 15 is 0 Å². The van der Waals surface area contributed by atoms with Gasteiger partial charge < -0.3 is 39.1 Å². The summed E-state index contributed by atoms with van der Waals surface area (Å²) < 4.78 is 28.3. The molecule has 3 N–H and O–H groups in total. The van der Waals surface area contributed by atoms with Crippen molar-refractivity contribution in [3.05, 3.63) is 41.8 Å². The molecule has 0 spiro atoms. The summed E-state index contributed by atoms with van der Waals surface area (Å²) in [5.74, 6) is 1.36. The molecule has 0 unspecified atom stereocenters. The predicted octanol–water partition coefficient (Wildman–Crippen LogP) is 3.42. The molecule has 37 heavy (non-hydrogen) atoms. The number of carbonyl (C=O) groups is 1. The SMILES string of the molecule is CCO[C@H]1OC(C(=O)NCCc2c[nH]c3ccc(OC)cc23)=C[C@@H](C(C)C)[C@H]1CCOCCOCCO. The Morgan fingerprint density at radius 1 is 1.19 bits per heavy atom. The van der Waals surface area contributed by atoms with Crippen molar-refractivity contribution in [3.8, 4) is 5.75 Å². The van der Waals surface area contributed by atoms with Crippen molar-refractivity contribution >= 4 is 16.8 Å². The standard InChI is InChI=1S/C28H42N2O7/c1-5-36-28-22(9-12-34-14-15-35-13-11-31)23(19(2)3)17-26(37-28)27(32)29-10-8-20-18-30-25-7-6-21(33-4)16-24(20)25/h6-7,16-19,22-23,28,30-31H,5,8-15H2,1-4H3,(H,29,32)/t22-,23+,28+/m1/s1. The zero-order valence-electron chi connectivity index (χ0n) is 22.5. The van der Waals surface area contributed by atoms with Crippen LogP contribution in [0.2, 0.25) is 0 Å². The number of rotatable bonds is 16. The molecule has 3 atom stereocenters. The van der Waals surface area contributed by atoms with Crippen LogP contribution < -0.4 is 10.1 Å². The van der Waals surface area contributed by atoms with E-state index in [1.54, 1.807) is 7.11 Å². The number of hydrogen-bond acceptors (Lipinski definition) is 7. The first kappa shape index (κ1) is 29.0. The molecule has 9 heteroatoms. The van der Waals surface area contributed by atoms with Crippen molar-refractivity contribution in [1.82, 2.24) is 10.3 Å². The van der Waals surface area contributed by atoms with E-state index in [1.165, 1.54) is 0 Å². The molecule has 1 aliphatic heterocycles. The summed E-state index contributed by atoms with van der Waals surface area (Å²) in [7, 11) is 1.65. The Morgan fingerprint density at radius 3 is 2.68 bits per heavy atom. The number of aromatic amines is 1. The third-order valence-corrected chi connectivity index (χ3v) is 6.61. The maximum atomic E-state index is 13.1. The van der Waals surface area contributed by atoms with Gasteiger partial charge in [0.2, 0.25) is 6.29 Å². The molecule has 1 amide bonds. The second kappa shape index (κ2) is 15.0. The molecule has 0 fully saturated rings. The molecule has 2 heterocycles. The number of fused-ring (bicyclic) bond motifs is 1. The number of amides is 1. The van der Waals surface area contributed by atoms with Crippen molar-refractivity contribution in [2.75, 3.05) is 53.3 Å². The lowest BCUT2D eigenvalue weighted by Gasteiger charge is -2.38. The summed E-state index contributed by atoms with van der Waals surface area (Å²) in [6.07, 6.45) is 4.82. The molecule has 1 aromatic heterocycles. The first-order valence-corrected chi connectivity index (χ1v) is 13.2. The van der Waals surface area contributed by atoms with E-state index < -0.39 is 6.29 Å². The third-order valence-electron chi connectivity index (χ3n) is 6.61. The lowest BCUT2D eigenvalue weighted by Crippen LogP contribution is -2.41. The largest absolute Gasteiger partial charge is 0.497 e. The Bertz CT molecular complexity index is 1000. The quantitative estimate of drug-likeness (QED) is 0.292. The average molecular weight is 519 g/mol. The minimum atomic E-state index is -0.515. The Kier molecular flexibility index (Phi) is 11.7. The lowest BCUT2D eigenvalue weighted by atomic mass is 9.79. The monoisotopic (exact) mass is 518 g/mol. The molecule has 2 aromatic rings. The highest BCUT2D eigenvalue weighted by Gasteiger charge is 2.38. The second-order valence-electron chi connectivity index (χ2n) is 9.43. The van der Waals surface area contributed by atoms with Crippen LogP contribution in [0.5, 0.6) is 5.75 Å². The van der Waals surface area contributed by atoms with Gasteiger partial charge in [0.15, 0.2) is 5.76 Å². The van der Waals surface area contributed by atoms with Gasteiger partial charge in [0.1, 0.15) is 5.75 Å². The zero-order chi connectivity index (χ0) is 26.6. The van der Waals surface area contributed by atoms with Crippen molar-refractivity contribution in [3.63, 3.8) is 0 Å². The van der Waals surface area contributed by atoms with Gasteiger partial charge >= 0.3 is 0 Å². The van der Waals surface area contributed by atoms with Gasteiger partial charge in [-0.3, -0.25) is 4.79 Å². The molecule has 9 nitrogen and oxygen atoms in total. The Hall–Kier alpha value is -2.59. The lowest BCUT2D eigenvalue weighted by molar-refractivity contribution is -0.177. The number of ether oxygens (including phenoxy) is 5. The minimum Gasteiger partial charge on any atom is -0.497 e. The number of benzene rings is 1. The number of aliphatic hydroxyl groups is 1. The summed E-state index contributed by atoms with van der Waals surface area (Å²) >= 11 is 0. The molecule has 0 bridgehead atoms. The molecule has 0 saturated carbocycles. The maximum Gasteiger partial charge on any atom is 0.286 e. The van der Waals surface area contributed by atoms with Gasteiger partial charge in [-0.15, -0.1) is 0 Å². The van der Waals surface area contributed by atoms with Crippen LogP contribution >= 0.6 is 0 Å². The Labute approximate surface area is 219 Å². The van der Waals surface area contributed by atoms with Crippen LogP contribution in [0, 0.1) is 17.8 Å². The van der Waals surface area contributed by atoms with E-state index in [2.05, 4.69) is 24.1 Å². The van der Waals surface area contributed by atoms with Crippen molar-refractivity contribution < 1.29 is 33.6 Å². The number of H-pyrrole nitrogens is 1. The third kappa shape index (κ3) is 8.20. The molecule has 1 aromatic carbocycles. The van der Waals surface area contributed by atoms with E-state index in [1.807, 2.05) is 37.4 Å². The molecule has 3 rings (SSSR count). The molecule has 1 aliphatic rings. The van der Waals surface area contributed by atoms with Gasteiger partial charge in [-0.05, 0) is 61.4 Å². The summed E-state index contributed by atoms with van der Waals surface area (Å²) in [6, 6.07) is 5.91. The second-order valence-corrected chi connectivity index (χ2v) is 9.43. The van der Waals surface area contributed by atoms with Crippen LogP contribution in [0.4, 0.5) is 0 Å². The van der Waals surface area contributed by atoms with Gasteiger partial charge in [0.05, 0.1) is 33.5 Å². The highest BCUT2D eigenvalue weighted by atomic mass is 16.7. The minimum absolute atomic E-state index is 0.00597. The smallest absolute Gasteiger partial charge is 0.286 e. The van der Waals surface area contributed by atoms with Crippen molar-refractivity contribution in [1.29, 1.82) is 0 Å². The number of methoxy groups -OCH3 is 1. The number of hydrogen-bond donors (Lipinski definition) is 3. The highest BCUT2D eigenvalue weighted by molar-refractivity contribution is 5.91. The van der Waals surface area contributed by atoms with Gasteiger partial charge in [0.25, 0.3) is 5.91 Å². The van der Waals surface area contributed by atoms with Gasteiger partial charge in [-0.2, -0.15) is 0 Å². The van der Waals surface area contributed by atoms with E-state index in [9.17, 15) is 4.79 Å². The number of allylic oxidation sites excluding steroid dienone is 1. The van der Waals surface area contributed by atoms with Crippen LogP contribution in [0.15, 0.2) is 36.2 Å². The van der Waals surface area contributed by atoms with Crippen LogP contribution in [0.3, 0.4) is 0 Å². The normalized spacial score (nSPS) is 19.6. The van der Waals surface area contributed by atoms with E-state index in [0.29, 0.717) is 57.7 Å². The van der Waals surface area contributed by atoms with Crippen LogP contribution in [0.25, 0.3) is 10.9 Å². The number of aromatic nitrogens is 1. The van der Waals surface area contributed by atoms with Gasteiger partial charge in [0, 0.05) is 42.8 Å². The van der Waals surface area contributed by atoms with E-state index in [4.69, 9.17) is 28.8 Å². The highest BCUT2D eigenvalue weighted by Crippen LogP contribution is 2.36. The van der Waals surface area contributed by atoms with Crippen LogP contribution in [-0.4, -0.2) is 75.6 Å². The molecule has 0 saturated heterocycles. The average Bonchev–Trinajstić information content (AvgIpc) is 3.30. The topological polar surface area (TPSA) is 111 Å². The molecule has 0 aliphatic carbocycles. The first-order chi connectivity index (χ1) is 18.0. The summed E-state index contributed by atoms with van der Waals surface area (Å²) in [6.45, 7) is 8.94. The maximum absolute atomic E-state index is 13.1. The summed E-state index contributed by atoms with van der Waals surface area (Å²) in [5.41, 5.74) is 2.15. The predicted molar refractivity (Wildman–Crippen MR) is 141 cm³/mol. The fraction of sp³-hybridized carbons (Fsp3) is 0.607. The number of aliphatic hydroxyl groups excluding tert-OH is 1. The van der Waals surface area contributed by atoms with Gasteiger partial charge in [-0.1, -0.05) is 13.8 Å². The van der Waals surface area contributed by atoms with Gasteiger partial charge in [-0.25, -0.2) is 0 Å². The molecule has 206 valence electrons. The fourth-order valence-corrected chi connectivity index (χ4v) is 4.69.